The third-order valence-corrected chi connectivity index (χ3v) is 1.05. The summed E-state index contributed by atoms with van der Waals surface area (Å²) in [6.45, 7) is 0. The summed E-state index contributed by atoms with van der Waals surface area (Å²) in [5, 5.41) is 0. The molecule has 0 saturated heterocycles. The van der Waals surface area contributed by atoms with Crippen LogP contribution in [0.5, 0.6) is 5.75 Å². The molecule has 0 N–H and O–H groups in total. The number of hydrogen-bond donors (Lipinski definition) is 0. The molecule has 0 heterocycles. The van der Waals surface area contributed by atoms with Gasteiger partial charge in [-0.15, -0.1) is 0 Å². The van der Waals surface area contributed by atoms with Crippen LogP contribution >= 0.6 is 0 Å². The van der Waals surface area contributed by atoms with Crippen molar-refractivity contribution in [2.75, 3.05) is 0 Å². The summed E-state index contributed by atoms with van der Waals surface area (Å²) in [5.41, 5.74) is 0. The predicted molar refractivity (Wildman–Crippen MR) is 32.3 cm³/mol. The second-order valence-corrected chi connectivity index (χ2v) is 1.72. The van der Waals surface area contributed by atoms with Crippen LogP contribution < -0.4 is 4.74 Å². The molecule has 1 aromatic carbocycles. The largest absolute Gasteiger partial charge is 0.487 e. The zero-order valence-electron chi connectivity index (χ0n) is 5.10. The molecule has 1 radical (unpaired) electrons. The molecule has 0 aliphatic rings. The summed E-state index contributed by atoms with van der Waals surface area (Å²) >= 11 is 0. The highest BCUT2D eigenvalue weighted by atomic mass is 19.1. The SMILES string of the molecule is [CH2]Oc1cc(F)ccc1F. The highest BCUT2D eigenvalue weighted by Gasteiger charge is 2.01. The van der Waals surface area contributed by atoms with E-state index >= 15 is 0 Å². The van der Waals surface area contributed by atoms with Gasteiger partial charge in [0.2, 0.25) is 0 Å². The molecule has 1 nitrogen and oxygen atoms in total. The average molecular weight is 143 g/mol. The van der Waals surface area contributed by atoms with Crippen molar-refractivity contribution >= 4 is 0 Å². The molecule has 0 atom stereocenters. The minimum Gasteiger partial charge on any atom is -0.487 e. The fraction of sp³-hybridized carbons (Fsp3) is 0. The minimum absolute atomic E-state index is 0.181. The molecule has 0 spiro atoms. The Morgan fingerprint density at radius 2 is 2.00 bits per heavy atom. The van der Waals surface area contributed by atoms with Crippen LogP contribution in [-0.4, -0.2) is 0 Å². The molecule has 0 fully saturated rings. The second kappa shape index (κ2) is 2.64. The van der Waals surface area contributed by atoms with Gasteiger partial charge in [-0.3, -0.25) is 0 Å². The molecular weight excluding hydrogens is 138 g/mol. The van der Waals surface area contributed by atoms with Crippen LogP contribution in [0, 0.1) is 18.7 Å². The van der Waals surface area contributed by atoms with Crippen molar-refractivity contribution in [1.29, 1.82) is 0 Å². The van der Waals surface area contributed by atoms with Gasteiger partial charge >= 0.3 is 0 Å². The maximum atomic E-state index is 12.4. The van der Waals surface area contributed by atoms with E-state index < -0.39 is 11.6 Å². The van der Waals surface area contributed by atoms with E-state index in [4.69, 9.17) is 0 Å². The van der Waals surface area contributed by atoms with Crippen molar-refractivity contribution in [3.05, 3.63) is 36.9 Å². The van der Waals surface area contributed by atoms with E-state index in [1.807, 2.05) is 0 Å². The Kier molecular flexibility index (Phi) is 1.85. The molecule has 0 bridgehead atoms. The van der Waals surface area contributed by atoms with Gasteiger partial charge in [0.15, 0.2) is 11.6 Å². The highest BCUT2D eigenvalue weighted by Crippen LogP contribution is 2.16. The van der Waals surface area contributed by atoms with E-state index in [9.17, 15) is 8.78 Å². The number of halogens is 2. The Morgan fingerprint density at radius 3 is 2.50 bits per heavy atom. The van der Waals surface area contributed by atoms with Gasteiger partial charge in [-0.1, -0.05) is 0 Å². The van der Waals surface area contributed by atoms with Crippen LogP contribution in [0.4, 0.5) is 8.78 Å². The first-order valence-electron chi connectivity index (χ1n) is 2.61. The third kappa shape index (κ3) is 1.23. The Labute approximate surface area is 57.2 Å². The molecule has 0 unspecified atom stereocenters. The summed E-state index contributed by atoms with van der Waals surface area (Å²) in [7, 11) is 2.95. The van der Waals surface area contributed by atoms with Crippen LogP contribution in [0.1, 0.15) is 0 Å². The standard InChI is InChI=1S/C7H5F2O/c1-10-7-4-5(8)2-3-6(7)9/h2-4H,1H2. The predicted octanol–water partition coefficient (Wildman–Crippen LogP) is 2.14. The Balaban J connectivity index is 3.09. The maximum Gasteiger partial charge on any atom is 0.165 e. The fourth-order valence-electron chi connectivity index (χ4n) is 0.588. The van der Waals surface area contributed by atoms with Gasteiger partial charge in [-0.2, -0.15) is 0 Å². The third-order valence-electron chi connectivity index (χ3n) is 1.05. The average Bonchev–Trinajstić information content (AvgIpc) is 1.94. The minimum atomic E-state index is -0.614. The van der Waals surface area contributed by atoms with Crippen LogP contribution in [0.25, 0.3) is 0 Å². The molecule has 10 heavy (non-hydrogen) atoms. The highest BCUT2D eigenvalue weighted by molar-refractivity contribution is 5.24. The van der Waals surface area contributed by atoms with Crippen molar-refractivity contribution in [3.63, 3.8) is 0 Å². The summed E-state index contributed by atoms with van der Waals surface area (Å²) in [4.78, 5) is 0. The number of ether oxygens (including phenoxy) is 1. The summed E-state index contributed by atoms with van der Waals surface area (Å²) in [6.07, 6.45) is 0. The summed E-state index contributed by atoms with van der Waals surface area (Å²) in [6, 6.07) is 2.93. The van der Waals surface area contributed by atoms with E-state index in [2.05, 4.69) is 11.8 Å². The quantitative estimate of drug-likeness (QED) is 0.585. The van der Waals surface area contributed by atoms with Crippen LogP contribution in [0.15, 0.2) is 18.2 Å². The smallest absolute Gasteiger partial charge is 0.165 e. The fourth-order valence-corrected chi connectivity index (χ4v) is 0.588. The molecule has 0 aromatic heterocycles. The van der Waals surface area contributed by atoms with Crippen LogP contribution in [0.2, 0.25) is 0 Å². The van der Waals surface area contributed by atoms with E-state index in [1.54, 1.807) is 0 Å². The zero-order chi connectivity index (χ0) is 7.56. The van der Waals surface area contributed by atoms with Crippen molar-refractivity contribution in [1.82, 2.24) is 0 Å². The zero-order valence-corrected chi connectivity index (χ0v) is 5.10. The first-order chi connectivity index (χ1) is 4.74. The topological polar surface area (TPSA) is 9.23 Å². The van der Waals surface area contributed by atoms with E-state index in [0.717, 1.165) is 18.2 Å². The van der Waals surface area contributed by atoms with Crippen LogP contribution in [-0.2, 0) is 0 Å². The van der Waals surface area contributed by atoms with Gasteiger partial charge in [0.25, 0.3) is 0 Å². The molecule has 1 rings (SSSR count). The lowest BCUT2D eigenvalue weighted by molar-refractivity contribution is 0.428. The number of benzene rings is 1. The maximum absolute atomic E-state index is 12.4. The molecular formula is C7H5F2O. The van der Waals surface area contributed by atoms with Gasteiger partial charge in [-0.05, 0) is 12.1 Å². The van der Waals surface area contributed by atoms with Gasteiger partial charge in [0.1, 0.15) is 12.9 Å². The molecule has 0 saturated carbocycles. The lowest BCUT2D eigenvalue weighted by Crippen LogP contribution is -1.85. The molecule has 1 aromatic rings. The molecule has 0 aliphatic heterocycles. The monoisotopic (exact) mass is 143 g/mol. The Hall–Kier alpha value is -1.12. The Morgan fingerprint density at radius 1 is 1.30 bits per heavy atom. The van der Waals surface area contributed by atoms with Gasteiger partial charge < -0.3 is 4.74 Å². The van der Waals surface area contributed by atoms with Gasteiger partial charge in [-0.25, -0.2) is 8.78 Å². The number of hydrogen-bond acceptors (Lipinski definition) is 1. The molecule has 0 aliphatic carbocycles. The van der Waals surface area contributed by atoms with E-state index in [0.29, 0.717) is 0 Å². The normalized spacial score (nSPS) is 9.50. The first kappa shape index (κ1) is 6.99. The molecule has 3 heteroatoms. The van der Waals surface area contributed by atoms with Crippen LogP contribution in [0.3, 0.4) is 0 Å². The lowest BCUT2D eigenvalue weighted by atomic mass is 10.3. The van der Waals surface area contributed by atoms with E-state index in [-0.39, 0.29) is 5.75 Å². The molecule has 0 amide bonds. The van der Waals surface area contributed by atoms with Crippen molar-refractivity contribution in [2.24, 2.45) is 0 Å². The van der Waals surface area contributed by atoms with Gasteiger partial charge in [0.05, 0.1) is 0 Å². The number of rotatable bonds is 1. The molecule has 53 valence electrons. The van der Waals surface area contributed by atoms with Gasteiger partial charge in [0, 0.05) is 6.07 Å². The lowest BCUT2D eigenvalue weighted by Gasteiger charge is -1.98. The summed E-state index contributed by atoms with van der Waals surface area (Å²) in [5.74, 6) is -1.34. The summed E-state index contributed by atoms with van der Waals surface area (Å²) < 4.78 is 29.0. The van der Waals surface area contributed by atoms with Crippen molar-refractivity contribution in [2.45, 2.75) is 0 Å². The van der Waals surface area contributed by atoms with Crippen molar-refractivity contribution < 1.29 is 13.5 Å². The second-order valence-electron chi connectivity index (χ2n) is 1.72. The van der Waals surface area contributed by atoms with Crippen molar-refractivity contribution in [3.8, 4) is 5.75 Å². The first-order valence-corrected chi connectivity index (χ1v) is 2.61. The van der Waals surface area contributed by atoms with E-state index in [1.165, 1.54) is 0 Å². The Bertz CT molecular complexity index is 235.